The van der Waals surface area contributed by atoms with Gasteiger partial charge in [-0.15, -0.1) is 0 Å². The molecule has 0 fully saturated rings. The van der Waals surface area contributed by atoms with Gasteiger partial charge < -0.3 is 4.98 Å². The molecule has 0 aliphatic heterocycles. The van der Waals surface area contributed by atoms with Crippen molar-refractivity contribution in [3.63, 3.8) is 0 Å². The molecule has 8 heteroatoms. The summed E-state index contributed by atoms with van der Waals surface area (Å²) < 4.78 is 2.45. The normalized spacial score (nSPS) is 24.5. The van der Waals surface area contributed by atoms with Crippen LogP contribution in [0.3, 0.4) is 0 Å². The van der Waals surface area contributed by atoms with Gasteiger partial charge in [-0.25, -0.2) is 23.9 Å². The van der Waals surface area contributed by atoms with Crippen LogP contribution in [0.25, 0.3) is 5.69 Å². The minimum absolute atomic E-state index is 0.307. The minimum Gasteiger partial charge on any atom is -0.322 e. The number of H-pyrrole nitrogens is 2. The quantitative estimate of drug-likeness (QED) is 0.670. The van der Waals surface area contributed by atoms with Gasteiger partial charge in [-0.3, -0.25) is 9.78 Å². The van der Waals surface area contributed by atoms with E-state index in [0.717, 1.165) is 4.57 Å². The lowest BCUT2D eigenvalue weighted by molar-refractivity contribution is 0.280. The third-order valence-corrected chi connectivity index (χ3v) is 5.77. The van der Waals surface area contributed by atoms with Gasteiger partial charge in [-0.2, -0.15) is 0 Å². The van der Waals surface area contributed by atoms with Gasteiger partial charge in [-0.1, -0.05) is 42.5 Å². The fourth-order valence-corrected chi connectivity index (χ4v) is 4.67. The van der Waals surface area contributed by atoms with E-state index < -0.39 is 16.9 Å². The zero-order valence-corrected chi connectivity index (χ0v) is 15.0. The molecular weight excluding hydrogens is 358 g/mol. The summed E-state index contributed by atoms with van der Waals surface area (Å²) in [5.41, 5.74) is 0.218. The number of benzene rings is 1. The second-order valence-electron chi connectivity index (χ2n) is 7.20. The molecule has 2 heterocycles. The Morgan fingerprint density at radius 2 is 1.86 bits per heavy atom. The molecule has 0 unspecified atom stereocenters. The topological polar surface area (TPSA) is 106 Å². The van der Waals surface area contributed by atoms with Crippen molar-refractivity contribution in [2.75, 3.05) is 0 Å². The maximum atomic E-state index is 13.4. The SMILES string of the molecule is C=C(C)[C@]1(n2[nH]c(=O)n(-c3ccccc3)c2=O)[C@@H]2C=C[C@H]1c1ncc(=O)[nH]c12. The first kappa shape index (κ1) is 16.5. The van der Waals surface area contributed by atoms with Crippen LogP contribution in [0.2, 0.25) is 0 Å². The first-order valence-electron chi connectivity index (χ1n) is 8.89. The third kappa shape index (κ3) is 1.84. The molecule has 0 amide bonds. The predicted octanol–water partition coefficient (Wildman–Crippen LogP) is 1.13. The van der Waals surface area contributed by atoms with Gasteiger partial charge in [0.1, 0.15) is 5.54 Å². The standard InChI is InChI=1S/C20H17N5O3/c1-11(2)20(13-8-9-14(20)17-16(13)21-10-15(26)22-17)25-19(28)24(18(27)23-25)12-6-4-3-5-7-12/h3-10,13-14H,1H2,2H3,(H,22,26)(H,23,27)/t13-,14+,20+/m0/s1. The molecule has 28 heavy (non-hydrogen) atoms. The number of hydrogen-bond acceptors (Lipinski definition) is 4. The van der Waals surface area contributed by atoms with Gasteiger partial charge in [-0.05, 0) is 19.1 Å². The van der Waals surface area contributed by atoms with Crippen molar-refractivity contribution in [3.8, 4) is 5.69 Å². The maximum Gasteiger partial charge on any atom is 0.352 e. The molecule has 3 atom stereocenters. The van der Waals surface area contributed by atoms with E-state index in [4.69, 9.17) is 0 Å². The van der Waals surface area contributed by atoms with Gasteiger partial charge in [0.25, 0.3) is 5.56 Å². The van der Waals surface area contributed by atoms with Crippen molar-refractivity contribution < 1.29 is 0 Å². The molecule has 2 N–H and O–H groups in total. The van der Waals surface area contributed by atoms with Crippen molar-refractivity contribution in [1.29, 1.82) is 0 Å². The lowest BCUT2D eigenvalue weighted by atomic mass is 9.79. The van der Waals surface area contributed by atoms with Crippen molar-refractivity contribution in [2.45, 2.75) is 24.3 Å². The largest absolute Gasteiger partial charge is 0.352 e. The van der Waals surface area contributed by atoms with Gasteiger partial charge >= 0.3 is 11.4 Å². The zero-order valence-electron chi connectivity index (χ0n) is 15.0. The van der Waals surface area contributed by atoms with Crippen LogP contribution in [0.5, 0.6) is 0 Å². The van der Waals surface area contributed by atoms with Crippen LogP contribution in [0.4, 0.5) is 0 Å². The predicted molar refractivity (Wildman–Crippen MR) is 103 cm³/mol. The van der Waals surface area contributed by atoms with E-state index in [2.05, 4.69) is 21.6 Å². The number of rotatable bonds is 3. The van der Waals surface area contributed by atoms with E-state index in [1.165, 1.54) is 10.9 Å². The lowest BCUT2D eigenvalue weighted by Crippen LogP contribution is -2.46. The molecule has 2 aliphatic rings. The van der Waals surface area contributed by atoms with Crippen molar-refractivity contribution in [2.24, 2.45) is 0 Å². The van der Waals surface area contributed by atoms with Gasteiger partial charge in [0, 0.05) is 5.92 Å². The first-order chi connectivity index (χ1) is 13.5. The van der Waals surface area contributed by atoms with Crippen LogP contribution in [0.15, 0.2) is 75.2 Å². The van der Waals surface area contributed by atoms with Crippen LogP contribution >= 0.6 is 0 Å². The van der Waals surface area contributed by atoms with E-state index in [-0.39, 0.29) is 17.4 Å². The number of nitrogens with one attached hydrogen (secondary N) is 2. The number of aromatic amines is 2. The minimum atomic E-state index is -0.962. The average molecular weight is 375 g/mol. The Bertz CT molecular complexity index is 1320. The van der Waals surface area contributed by atoms with Crippen molar-refractivity contribution in [3.05, 3.63) is 104 Å². The molecule has 0 saturated carbocycles. The number of allylic oxidation sites excluding steroid dienone is 3. The van der Waals surface area contributed by atoms with Crippen molar-refractivity contribution >= 4 is 0 Å². The number of hydrogen-bond donors (Lipinski definition) is 2. The second-order valence-corrected chi connectivity index (χ2v) is 7.20. The van der Waals surface area contributed by atoms with Crippen LogP contribution in [-0.4, -0.2) is 24.3 Å². The molecule has 2 aromatic heterocycles. The molecule has 1 aromatic carbocycles. The Balaban J connectivity index is 1.80. The second kappa shape index (κ2) is 5.41. The first-order valence-corrected chi connectivity index (χ1v) is 8.89. The highest BCUT2D eigenvalue weighted by atomic mass is 16.2. The fraction of sp³-hybridized carbons (Fsp3) is 0.200. The van der Waals surface area contributed by atoms with E-state index >= 15 is 0 Å². The number of para-hydroxylation sites is 1. The number of nitrogens with zero attached hydrogens (tertiary/aromatic N) is 3. The summed E-state index contributed by atoms with van der Waals surface area (Å²) in [6.45, 7) is 5.95. The summed E-state index contributed by atoms with van der Waals surface area (Å²) in [5, 5.41) is 2.72. The Hall–Kier alpha value is -3.68. The Kier molecular flexibility index (Phi) is 3.19. The zero-order chi connectivity index (χ0) is 19.6. The molecule has 0 saturated heterocycles. The van der Waals surface area contributed by atoms with E-state index in [1.807, 2.05) is 25.1 Å². The van der Waals surface area contributed by atoms with Crippen LogP contribution in [0, 0.1) is 0 Å². The average Bonchev–Trinajstić information content (AvgIpc) is 3.29. The monoisotopic (exact) mass is 375 g/mol. The van der Waals surface area contributed by atoms with Crippen LogP contribution < -0.4 is 16.9 Å². The lowest BCUT2D eigenvalue weighted by Gasteiger charge is -2.35. The number of fused-ring (bicyclic) bond motifs is 5. The molecule has 0 spiro atoms. The third-order valence-electron chi connectivity index (χ3n) is 5.77. The summed E-state index contributed by atoms with van der Waals surface area (Å²) in [7, 11) is 0. The van der Waals surface area contributed by atoms with Gasteiger partial charge in [0.2, 0.25) is 0 Å². The number of aromatic nitrogens is 5. The van der Waals surface area contributed by atoms with Gasteiger partial charge in [0.15, 0.2) is 0 Å². The van der Waals surface area contributed by atoms with E-state index in [9.17, 15) is 14.4 Å². The summed E-state index contributed by atoms with van der Waals surface area (Å²) in [4.78, 5) is 45.1. The molecule has 0 radical (unpaired) electrons. The Morgan fingerprint density at radius 3 is 2.57 bits per heavy atom. The highest BCUT2D eigenvalue weighted by Crippen LogP contribution is 2.60. The summed E-state index contributed by atoms with van der Waals surface area (Å²) in [6, 6.07) is 8.74. The fourth-order valence-electron chi connectivity index (χ4n) is 4.67. The molecule has 2 bridgehead atoms. The smallest absolute Gasteiger partial charge is 0.322 e. The highest BCUT2D eigenvalue weighted by molar-refractivity contribution is 5.52. The maximum absolute atomic E-state index is 13.4. The van der Waals surface area contributed by atoms with Crippen LogP contribution in [0.1, 0.15) is 30.1 Å². The summed E-state index contributed by atoms with van der Waals surface area (Å²) in [6.07, 6.45) is 5.12. The van der Waals surface area contributed by atoms with Gasteiger partial charge in [0.05, 0.1) is 29.2 Å². The summed E-state index contributed by atoms with van der Waals surface area (Å²) >= 11 is 0. The molecule has 5 rings (SSSR count). The Morgan fingerprint density at radius 1 is 1.14 bits per heavy atom. The molecule has 8 nitrogen and oxygen atoms in total. The Labute approximate surface area is 158 Å². The molecule has 2 aliphatic carbocycles. The molecular formula is C20H17N5O3. The molecule has 3 aromatic rings. The molecule has 140 valence electrons. The highest BCUT2D eigenvalue weighted by Gasteiger charge is 2.59. The van der Waals surface area contributed by atoms with E-state index in [0.29, 0.717) is 22.6 Å². The van der Waals surface area contributed by atoms with Crippen molar-refractivity contribution in [1.82, 2.24) is 24.3 Å². The summed E-state index contributed by atoms with van der Waals surface area (Å²) in [5.74, 6) is -0.673. The van der Waals surface area contributed by atoms with Crippen LogP contribution in [-0.2, 0) is 5.54 Å². The van der Waals surface area contributed by atoms with E-state index in [1.54, 1.807) is 24.3 Å².